The van der Waals surface area contributed by atoms with Crippen molar-refractivity contribution in [1.82, 2.24) is 10.2 Å². The van der Waals surface area contributed by atoms with E-state index in [9.17, 15) is 9.59 Å². The van der Waals surface area contributed by atoms with Gasteiger partial charge in [0.25, 0.3) is 0 Å². The Hall–Kier alpha value is -2.54. The zero-order chi connectivity index (χ0) is 24.4. The Morgan fingerprint density at radius 1 is 0.970 bits per heavy atom. The lowest BCUT2D eigenvalue weighted by Gasteiger charge is -2.29. The minimum absolute atomic E-state index is 0.00335. The molecule has 2 amide bonds. The maximum absolute atomic E-state index is 13.3. The van der Waals surface area contributed by atoms with Crippen molar-refractivity contribution in [2.24, 2.45) is 0 Å². The predicted molar refractivity (Wildman–Crippen MR) is 135 cm³/mol. The van der Waals surface area contributed by atoms with Gasteiger partial charge in [0, 0.05) is 23.5 Å². The number of aryl methyl sites for hydroxylation is 1. The molecule has 33 heavy (non-hydrogen) atoms. The molecule has 1 N–H and O–H groups in total. The molecule has 0 aromatic heterocycles. The monoisotopic (exact) mass is 518 g/mol. The fraction of sp³-hybridized carbons (Fsp3) is 0.462. The van der Waals surface area contributed by atoms with E-state index in [1.54, 1.807) is 11.8 Å². The highest BCUT2D eigenvalue weighted by molar-refractivity contribution is 9.10. The molecule has 0 bridgehead atoms. The van der Waals surface area contributed by atoms with Crippen LogP contribution in [0.3, 0.4) is 0 Å². The van der Waals surface area contributed by atoms with Crippen molar-refractivity contribution in [3.8, 4) is 11.5 Å². The number of benzene rings is 2. The van der Waals surface area contributed by atoms with Gasteiger partial charge in [-0.25, -0.2) is 0 Å². The van der Waals surface area contributed by atoms with Gasteiger partial charge in [0.05, 0.1) is 13.2 Å². The summed E-state index contributed by atoms with van der Waals surface area (Å²) in [5, 5.41) is 2.92. The fourth-order valence-corrected chi connectivity index (χ4v) is 3.91. The summed E-state index contributed by atoms with van der Waals surface area (Å²) < 4.78 is 12.3. The summed E-state index contributed by atoms with van der Waals surface area (Å²) in [6, 6.07) is 13.0. The van der Waals surface area contributed by atoms with Crippen LogP contribution in [0.5, 0.6) is 11.5 Å². The normalized spacial score (nSPS) is 11.7. The minimum Gasteiger partial charge on any atom is -0.490 e. The SMILES string of the molecule is CCOc1ccc(CCC(=O)N(Cc2cccc(Br)c2)[C@@H](C)C(=O)NC(C)C)cc1OCC. The Bertz CT molecular complexity index is 932. The van der Waals surface area contributed by atoms with Crippen LogP contribution in [0.1, 0.15) is 52.2 Å². The molecule has 2 aromatic rings. The van der Waals surface area contributed by atoms with Crippen LogP contribution in [0.15, 0.2) is 46.9 Å². The smallest absolute Gasteiger partial charge is 0.242 e. The van der Waals surface area contributed by atoms with Crippen LogP contribution in [0, 0.1) is 0 Å². The number of hydrogen-bond donors (Lipinski definition) is 1. The summed E-state index contributed by atoms with van der Waals surface area (Å²) in [6.45, 7) is 10.9. The van der Waals surface area contributed by atoms with E-state index in [4.69, 9.17) is 9.47 Å². The number of nitrogens with zero attached hydrogens (tertiary/aromatic N) is 1. The predicted octanol–water partition coefficient (Wildman–Crippen LogP) is 5.12. The second-order valence-electron chi connectivity index (χ2n) is 8.14. The van der Waals surface area contributed by atoms with E-state index in [1.807, 2.05) is 70.2 Å². The van der Waals surface area contributed by atoms with E-state index in [1.165, 1.54) is 0 Å². The first-order chi connectivity index (χ1) is 15.7. The maximum atomic E-state index is 13.3. The molecule has 2 aromatic carbocycles. The number of carbonyl (C=O) groups is 2. The van der Waals surface area contributed by atoms with Gasteiger partial charge in [0.15, 0.2) is 11.5 Å². The fourth-order valence-electron chi connectivity index (χ4n) is 3.47. The highest BCUT2D eigenvalue weighted by Gasteiger charge is 2.26. The van der Waals surface area contributed by atoms with E-state index in [0.717, 1.165) is 15.6 Å². The summed E-state index contributed by atoms with van der Waals surface area (Å²) in [7, 11) is 0. The zero-order valence-electron chi connectivity index (χ0n) is 20.2. The van der Waals surface area contributed by atoms with Gasteiger partial charge < -0.3 is 19.7 Å². The quantitative estimate of drug-likeness (QED) is 0.423. The molecule has 1 atom stereocenters. The molecule has 0 spiro atoms. The number of carbonyl (C=O) groups excluding carboxylic acids is 2. The lowest BCUT2D eigenvalue weighted by molar-refractivity contribution is -0.140. The van der Waals surface area contributed by atoms with Crippen LogP contribution in [-0.4, -0.2) is 42.0 Å². The topological polar surface area (TPSA) is 67.9 Å². The van der Waals surface area contributed by atoms with Gasteiger partial charge in [-0.3, -0.25) is 9.59 Å². The molecule has 0 aliphatic carbocycles. The van der Waals surface area contributed by atoms with Gasteiger partial charge in [0.1, 0.15) is 6.04 Å². The van der Waals surface area contributed by atoms with E-state index in [-0.39, 0.29) is 24.3 Å². The molecule has 2 rings (SSSR count). The molecule has 0 saturated carbocycles. The molecule has 0 radical (unpaired) electrons. The van der Waals surface area contributed by atoms with Crippen LogP contribution in [0.25, 0.3) is 0 Å². The first-order valence-electron chi connectivity index (χ1n) is 11.5. The highest BCUT2D eigenvalue weighted by atomic mass is 79.9. The molecular formula is C26H35BrN2O4. The van der Waals surface area contributed by atoms with Crippen molar-refractivity contribution >= 4 is 27.7 Å². The number of nitrogens with one attached hydrogen (secondary N) is 1. The first kappa shape index (κ1) is 26.7. The van der Waals surface area contributed by atoms with Crippen molar-refractivity contribution in [2.75, 3.05) is 13.2 Å². The average Bonchev–Trinajstić information content (AvgIpc) is 2.76. The van der Waals surface area contributed by atoms with Crippen molar-refractivity contribution < 1.29 is 19.1 Å². The molecule has 0 aliphatic heterocycles. The summed E-state index contributed by atoms with van der Waals surface area (Å²) in [6.07, 6.45) is 0.825. The van der Waals surface area contributed by atoms with Crippen LogP contribution in [0.2, 0.25) is 0 Å². The summed E-state index contributed by atoms with van der Waals surface area (Å²) in [4.78, 5) is 27.6. The minimum atomic E-state index is -0.585. The number of ether oxygens (including phenoxy) is 2. The first-order valence-corrected chi connectivity index (χ1v) is 12.3. The Labute approximate surface area is 205 Å². The summed E-state index contributed by atoms with van der Waals surface area (Å²) in [5.41, 5.74) is 1.94. The lowest BCUT2D eigenvalue weighted by Crippen LogP contribution is -2.49. The van der Waals surface area contributed by atoms with E-state index in [0.29, 0.717) is 37.7 Å². The van der Waals surface area contributed by atoms with Crippen molar-refractivity contribution in [3.05, 3.63) is 58.1 Å². The Balaban J connectivity index is 2.18. The van der Waals surface area contributed by atoms with Gasteiger partial charge in [-0.15, -0.1) is 0 Å². The number of halogens is 1. The Morgan fingerprint density at radius 3 is 2.30 bits per heavy atom. The molecule has 0 heterocycles. The molecule has 0 unspecified atom stereocenters. The van der Waals surface area contributed by atoms with Gasteiger partial charge >= 0.3 is 0 Å². The highest BCUT2D eigenvalue weighted by Crippen LogP contribution is 2.29. The second-order valence-corrected chi connectivity index (χ2v) is 9.05. The number of amides is 2. The van der Waals surface area contributed by atoms with E-state index in [2.05, 4.69) is 21.2 Å². The molecule has 0 fully saturated rings. The van der Waals surface area contributed by atoms with Crippen LogP contribution in [0.4, 0.5) is 0 Å². The molecule has 0 saturated heterocycles. The van der Waals surface area contributed by atoms with Crippen molar-refractivity contribution in [3.63, 3.8) is 0 Å². The van der Waals surface area contributed by atoms with E-state index >= 15 is 0 Å². The van der Waals surface area contributed by atoms with Crippen LogP contribution < -0.4 is 14.8 Å². The van der Waals surface area contributed by atoms with Crippen molar-refractivity contribution in [1.29, 1.82) is 0 Å². The molecule has 0 aliphatic rings. The molecule has 7 heteroatoms. The maximum Gasteiger partial charge on any atom is 0.242 e. The summed E-state index contributed by atoms with van der Waals surface area (Å²) in [5.74, 6) is 1.14. The van der Waals surface area contributed by atoms with E-state index < -0.39 is 6.04 Å². The van der Waals surface area contributed by atoms with Crippen molar-refractivity contribution in [2.45, 2.75) is 66.1 Å². The third kappa shape index (κ3) is 8.39. The van der Waals surface area contributed by atoms with Gasteiger partial charge in [-0.2, -0.15) is 0 Å². The van der Waals surface area contributed by atoms with Crippen LogP contribution in [-0.2, 0) is 22.6 Å². The number of hydrogen-bond acceptors (Lipinski definition) is 4. The molecular weight excluding hydrogens is 484 g/mol. The number of rotatable bonds is 12. The average molecular weight is 519 g/mol. The second kappa shape index (κ2) is 13.2. The van der Waals surface area contributed by atoms with Gasteiger partial charge in [-0.1, -0.05) is 34.1 Å². The molecule has 6 nitrogen and oxygen atoms in total. The Morgan fingerprint density at radius 2 is 1.67 bits per heavy atom. The standard InChI is InChI=1S/C26H35BrN2O4/c1-6-32-23-13-11-20(16-24(23)33-7-2)12-14-25(30)29(19(5)26(31)28-18(3)4)17-21-9-8-10-22(27)15-21/h8-11,13,15-16,18-19H,6-7,12,14,17H2,1-5H3,(H,28,31)/t19-/m0/s1. The molecule has 180 valence electrons. The zero-order valence-corrected chi connectivity index (χ0v) is 21.8. The third-order valence-corrected chi connectivity index (χ3v) is 5.57. The lowest BCUT2D eigenvalue weighted by atomic mass is 10.1. The summed E-state index contributed by atoms with van der Waals surface area (Å²) >= 11 is 3.48. The third-order valence-electron chi connectivity index (χ3n) is 5.08. The van der Waals surface area contributed by atoms with Crippen LogP contribution >= 0.6 is 15.9 Å². The van der Waals surface area contributed by atoms with Gasteiger partial charge in [0.2, 0.25) is 11.8 Å². The largest absolute Gasteiger partial charge is 0.490 e. The van der Waals surface area contributed by atoms with Gasteiger partial charge in [-0.05, 0) is 76.4 Å². The Kier molecular flexibility index (Phi) is 10.7.